The first-order valence-electron chi connectivity index (χ1n) is 6.02. The van der Waals surface area contributed by atoms with E-state index >= 15 is 0 Å². The van der Waals surface area contributed by atoms with Gasteiger partial charge in [0.2, 0.25) is 0 Å². The minimum Gasteiger partial charge on any atom is -0.294 e. The summed E-state index contributed by atoms with van der Waals surface area (Å²) in [7, 11) is 0. The molecule has 98 valence electrons. The van der Waals surface area contributed by atoms with Gasteiger partial charge in [-0.3, -0.25) is 4.79 Å². The Balaban J connectivity index is 2.25. The van der Waals surface area contributed by atoms with Gasteiger partial charge in [-0.15, -0.1) is 0 Å². The molecular formula is C16H14BrIO. The van der Waals surface area contributed by atoms with Gasteiger partial charge in [-0.2, -0.15) is 0 Å². The highest BCUT2D eigenvalue weighted by Gasteiger charge is 2.11. The maximum Gasteiger partial charge on any atom is 0.168 e. The van der Waals surface area contributed by atoms with E-state index in [0.717, 1.165) is 19.2 Å². The van der Waals surface area contributed by atoms with Crippen LogP contribution in [-0.2, 0) is 6.42 Å². The number of rotatable bonds is 3. The van der Waals surface area contributed by atoms with E-state index in [9.17, 15) is 4.79 Å². The normalized spacial score (nSPS) is 10.5. The van der Waals surface area contributed by atoms with Gasteiger partial charge >= 0.3 is 0 Å². The minimum absolute atomic E-state index is 0.161. The van der Waals surface area contributed by atoms with Gasteiger partial charge in [0.05, 0.1) is 0 Å². The minimum atomic E-state index is 0.161. The van der Waals surface area contributed by atoms with Crippen molar-refractivity contribution >= 4 is 44.3 Å². The van der Waals surface area contributed by atoms with Crippen molar-refractivity contribution in [2.24, 2.45) is 0 Å². The number of hydrogen-bond acceptors (Lipinski definition) is 1. The highest BCUT2D eigenvalue weighted by Crippen LogP contribution is 2.20. The molecule has 2 aromatic carbocycles. The highest BCUT2D eigenvalue weighted by molar-refractivity contribution is 14.1. The Bertz CT molecular complexity index is 635. The molecule has 0 fully saturated rings. The van der Waals surface area contributed by atoms with Gasteiger partial charge < -0.3 is 0 Å². The molecule has 0 atom stereocenters. The molecule has 0 aliphatic heterocycles. The molecule has 0 aliphatic carbocycles. The molecule has 2 rings (SSSR count). The molecule has 1 nitrogen and oxygen atoms in total. The Kier molecular flexibility index (Phi) is 4.79. The average molecular weight is 429 g/mol. The molecule has 0 radical (unpaired) electrons. The zero-order chi connectivity index (χ0) is 14.0. The van der Waals surface area contributed by atoms with Crippen LogP contribution < -0.4 is 0 Å². The summed E-state index contributed by atoms with van der Waals surface area (Å²) in [5.41, 5.74) is 4.35. The van der Waals surface area contributed by atoms with Crippen molar-refractivity contribution in [3.05, 3.63) is 66.7 Å². The maximum atomic E-state index is 12.4. The second-order valence-corrected chi connectivity index (χ2v) is 6.72. The molecule has 0 aromatic heterocycles. The van der Waals surface area contributed by atoms with Crippen LogP contribution in [0.5, 0.6) is 0 Å². The molecule has 0 bridgehead atoms. The molecule has 0 amide bonds. The van der Waals surface area contributed by atoms with Crippen LogP contribution in [0.3, 0.4) is 0 Å². The predicted molar refractivity (Wildman–Crippen MR) is 90.8 cm³/mol. The fourth-order valence-corrected chi connectivity index (χ4v) is 2.90. The highest BCUT2D eigenvalue weighted by atomic mass is 127. The van der Waals surface area contributed by atoms with Crippen molar-refractivity contribution < 1.29 is 4.79 Å². The van der Waals surface area contributed by atoms with Crippen LogP contribution in [0.1, 0.15) is 27.0 Å². The Labute approximate surface area is 135 Å². The van der Waals surface area contributed by atoms with Crippen LogP contribution in [0.2, 0.25) is 0 Å². The van der Waals surface area contributed by atoms with Crippen molar-refractivity contribution in [2.75, 3.05) is 0 Å². The Hall–Kier alpha value is -0.680. The quantitative estimate of drug-likeness (QED) is 0.491. The van der Waals surface area contributed by atoms with Crippen molar-refractivity contribution in [1.82, 2.24) is 0 Å². The van der Waals surface area contributed by atoms with Gasteiger partial charge in [-0.1, -0.05) is 34.1 Å². The Morgan fingerprint density at radius 1 is 1.11 bits per heavy atom. The summed E-state index contributed by atoms with van der Waals surface area (Å²) in [4.78, 5) is 12.4. The maximum absolute atomic E-state index is 12.4. The summed E-state index contributed by atoms with van der Waals surface area (Å²) in [5, 5.41) is 0. The summed E-state index contributed by atoms with van der Waals surface area (Å²) < 4.78 is 1.94. The monoisotopic (exact) mass is 428 g/mol. The number of hydrogen-bond donors (Lipinski definition) is 0. The van der Waals surface area contributed by atoms with Crippen LogP contribution in [0.4, 0.5) is 0 Å². The van der Waals surface area contributed by atoms with Crippen molar-refractivity contribution in [1.29, 1.82) is 0 Å². The third-order valence-electron chi connectivity index (χ3n) is 3.16. The van der Waals surface area contributed by atoms with E-state index in [-0.39, 0.29) is 5.78 Å². The van der Waals surface area contributed by atoms with Crippen LogP contribution in [-0.4, -0.2) is 5.78 Å². The fourth-order valence-electron chi connectivity index (χ4n) is 1.91. The van der Waals surface area contributed by atoms with Gasteiger partial charge in [0, 0.05) is 20.0 Å². The lowest BCUT2D eigenvalue weighted by Gasteiger charge is -2.07. The number of carbonyl (C=O) groups excluding carboxylic acids is 1. The number of carbonyl (C=O) groups is 1. The van der Waals surface area contributed by atoms with E-state index in [1.807, 2.05) is 24.3 Å². The number of aryl methyl sites for hydroxylation is 2. The van der Waals surface area contributed by atoms with Crippen molar-refractivity contribution in [2.45, 2.75) is 20.3 Å². The van der Waals surface area contributed by atoms with E-state index < -0.39 is 0 Å². The standard InChI is InChI=1S/C16H14BrIO/c1-10-3-4-12(7-11(10)2)8-16(19)14-9-13(17)5-6-15(14)18/h3-7,9H,8H2,1-2H3. The third kappa shape index (κ3) is 3.66. The number of Topliss-reactive ketones (excluding diaryl/α,β-unsaturated/α-hetero) is 1. The fraction of sp³-hybridized carbons (Fsp3) is 0.188. The second kappa shape index (κ2) is 6.18. The largest absolute Gasteiger partial charge is 0.294 e. The number of benzene rings is 2. The first kappa shape index (κ1) is 14.7. The summed E-state index contributed by atoms with van der Waals surface area (Å²) in [6.07, 6.45) is 0.452. The molecule has 0 N–H and O–H groups in total. The number of ketones is 1. The zero-order valence-electron chi connectivity index (χ0n) is 10.8. The summed E-state index contributed by atoms with van der Waals surface area (Å²) in [6.45, 7) is 4.16. The molecule has 2 aromatic rings. The Morgan fingerprint density at radius 3 is 2.53 bits per heavy atom. The summed E-state index contributed by atoms with van der Waals surface area (Å²) in [6, 6.07) is 12.0. The van der Waals surface area contributed by atoms with Crippen LogP contribution in [0.25, 0.3) is 0 Å². The molecule has 19 heavy (non-hydrogen) atoms. The van der Waals surface area contributed by atoms with Crippen LogP contribution >= 0.6 is 38.5 Å². The van der Waals surface area contributed by atoms with Crippen molar-refractivity contribution in [3.8, 4) is 0 Å². The molecule has 0 aliphatic rings. The summed E-state index contributed by atoms with van der Waals surface area (Å²) >= 11 is 5.62. The molecule has 0 saturated carbocycles. The number of halogens is 2. The third-order valence-corrected chi connectivity index (χ3v) is 4.60. The SMILES string of the molecule is Cc1ccc(CC(=O)c2cc(Br)ccc2I)cc1C. The Morgan fingerprint density at radius 2 is 1.84 bits per heavy atom. The molecule has 0 unspecified atom stereocenters. The van der Waals surface area contributed by atoms with Gasteiger partial charge in [0.25, 0.3) is 0 Å². The molecule has 0 saturated heterocycles. The molecule has 0 heterocycles. The van der Waals surface area contributed by atoms with E-state index in [0.29, 0.717) is 6.42 Å². The molecule has 3 heteroatoms. The lowest BCUT2D eigenvalue weighted by atomic mass is 10.00. The average Bonchev–Trinajstić information content (AvgIpc) is 2.36. The van der Waals surface area contributed by atoms with Crippen LogP contribution in [0.15, 0.2) is 40.9 Å². The topological polar surface area (TPSA) is 17.1 Å². The molecular weight excluding hydrogens is 415 g/mol. The van der Waals surface area contributed by atoms with Crippen LogP contribution in [0, 0.1) is 17.4 Å². The lowest BCUT2D eigenvalue weighted by Crippen LogP contribution is -2.06. The van der Waals surface area contributed by atoms with Crippen molar-refractivity contribution in [3.63, 3.8) is 0 Å². The first-order valence-corrected chi connectivity index (χ1v) is 7.89. The van der Waals surface area contributed by atoms with E-state index in [1.165, 1.54) is 11.1 Å². The van der Waals surface area contributed by atoms with Gasteiger partial charge in [0.15, 0.2) is 5.78 Å². The zero-order valence-corrected chi connectivity index (χ0v) is 14.6. The van der Waals surface area contributed by atoms with Gasteiger partial charge in [0.1, 0.15) is 0 Å². The smallest absolute Gasteiger partial charge is 0.168 e. The second-order valence-electron chi connectivity index (χ2n) is 4.64. The first-order chi connectivity index (χ1) is 8.97. The predicted octanol–water partition coefficient (Wildman–Crippen LogP) is 5.10. The van der Waals surface area contributed by atoms with E-state index in [2.05, 4.69) is 64.5 Å². The van der Waals surface area contributed by atoms with Gasteiger partial charge in [-0.25, -0.2) is 0 Å². The summed E-state index contributed by atoms with van der Waals surface area (Å²) in [5.74, 6) is 0.161. The van der Waals surface area contributed by atoms with E-state index in [4.69, 9.17) is 0 Å². The van der Waals surface area contributed by atoms with Gasteiger partial charge in [-0.05, 0) is 71.3 Å². The van der Waals surface area contributed by atoms with E-state index in [1.54, 1.807) is 0 Å². The molecule has 0 spiro atoms. The lowest BCUT2D eigenvalue weighted by molar-refractivity contribution is 0.0992.